The van der Waals surface area contributed by atoms with Crippen molar-refractivity contribution < 1.29 is 9.59 Å². The largest absolute Gasteiger partial charge is 0.383 e. The molecule has 7 heteroatoms. The minimum absolute atomic E-state index is 0.0412. The van der Waals surface area contributed by atoms with Gasteiger partial charge in [0.15, 0.2) is 0 Å². The third-order valence-corrected chi connectivity index (χ3v) is 2.92. The minimum Gasteiger partial charge on any atom is -0.383 e. The van der Waals surface area contributed by atoms with Crippen LogP contribution in [-0.2, 0) is 4.79 Å². The number of nitrogens with two attached hydrogens (primary N) is 1. The summed E-state index contributed by atoms with van der Waals surface area (Å²) >= 11 is 0. The van der Waals surface area contributed by atoms with Crippen LogP contribution in [0.25, 0.3) is 0 Å². The van der Waals surface area contributed by atoms with Crippen molar-refractivity contribution in [3.63, 3.8) is 0 Å². The molecule has 1 aromatic carbocycles. The number of nitrogens with one attached hydrogen (secondary N) is 2. The number of carbonyl (C=O) groups is 2. The van der Waals surface area contributed by atoms with Crippen molar-refractivity contribution in [1.29, 1.82) is 0 Å². The molecule has 2 amide bonds. The van der Waals surface area contributed by atoms with E-state index in [4.69, 9.17) is 5.73 Å². The summed E-state index contributed by atoms with van der Waals surface area (Å²) in [5.41, 5.74) is 7.14. The predicted octanol–water partition coefficient (Wildman–Crippen LogP) is 0.591. The number of fused-ring (bicyclic) bond motifs is 1. The molecule has 0 radical (unpaired) electrons. The third kappa shape index (κ3) is 1.81. The van der Waals surface area contributed by atoms with Gasteiger partial charge in [0, 0.05) is 0 Å². The molecular formula is C12H11N5O2. The van der Waals surface area contributed by atoms with Gasteiger partial charge >= 0.3 is 0 Å². The number of rotatable bonds is 1. The van der Waals surface area contributed by atoms with Crippen LogP contribution in [0.2, 0.25) is 0 Å². The first-order chi connectivity index (χ1) is 9.16. The molecule has 1 aliphatic heterocycles. The van der Waals surface area contributed by atoms with Gasteiger partial charge in [0.1, 0.15) is 17.9 Å². The second kappa shape index (κ2) is 4.13. The van der Waals surface area contributed by atoms with Crippen molar-refractivity contribution in [2.75, 3.05) is 22.5 Å². The summed E-state index contributed by atoms with van der Waals surface area (Å²) in [4.78, 5) is 25.4. The molecule has 96 valence electrons. The number of nitrogens with zero attached hydrogens (tertiary/aromatic N) is 2. The molecule has 0 saturated carbocycles. The highest BCUT2D eigenvalue weighted by molar-refractivity contribution is 6.16. The van der Waals surface area contributed by atoms with E-state index in [0.29, 0.717) is 11.4 Å². The van der Waals surface area contributed by atoms with E-state index < -0.39 is 0 Å². The van der Waals surface area contributed by atoms with Crippen LogP contribution >= 0.6 is 0 Å². The molecule has 0 atom stereocenters. The number of hydrogen-bond donors (Lipinski definition) is 3. The monoisotopic (exact) mass is 257 g/mol. The van der Waals surface area contributed by atoms with Gasteiger partial charge in [-0.1, -0.05) is 12.1 Å². The SMILES string of the molecule is Nc1[nH]ncc1C(=O)N1CC(=O)Nc2ccccc21. The van der Waals surface area contributed by atoms with Crippen molar-refractivity contribution in [2.45, 2.75) is 0 Å². The highest BCUT2D eigenvalue weighted by atomic mass is 16.2. The van der Waals surface area contributed by atoms with E-state index in [1.807, 2.05) is 0 Å². The fraction of sp³-hybridized carbons (Fsp3) is 0.0833. The maximum absolute atomic E-state index is 12.4. The lowest BCUT2D eigenvalue weighted by atomic mass is 10.1. The van der Waals surface area contributed by atoms with Gasteiger partial charge in [0.25, 0.3) is 5.91 Å². The number of benzene rings is 1. The first-order valence-corrected chi connectivity index (χ1v) is 5.66. The maximum atomic E-state index is 12.4. The average Bonchev–Trinajstić information content (AvgIpc) is 2.83. The van der Waals surface area contributed by atoms with Crippen molar-refractivity contribution in [1.82, 2.24) is 10.2 Å². The van der Waals surface area contributed by atoms with Crippen LogP contribution in [0.1, 0.15) is 10.4 Å². The van der Waals surface area contributed by atoms with Crippen LogP contribution in [0.3, 0.4) is 0 Å². The summed E-state index contributed by atoms with van der Waals surface area (Å²) in [6.07, 6.45) is 1.35. The Hall–Kier alpha value is -2.83. The minimum atomic E-state index is -0.353. The van der Waals surface area contributed by atoms with E-state index in [1.165, 1.54) is 11.1 Å². The van der Waals surface area contributed by atoms with Gasteiger partial charge in [0.2, 0.25) is 5.91 Å². The zero-order valence-corrected chi connectivity index (χ0v) is 9.88. The predicted molar refractivity (Wildman–Crippen MR) is 69.7 cm³/mol. The number of para-hydroxylation sites is 2. The quantitative estimate of drug-likeness (QED) is 0.695. The zero-order valence-electron chi connectivity index (χ0n) is 9.88. The molecule has 0 fully saturated rings. The van der Waals surface area contributed by atoms with Crippen molar-refractivity contribution in [3.05, 3.63) is 36.0 Å². The molecule has 0 bridgehead atoms. The average molecular weight is 257 g/mol. The highest BCUT2D eigenvalue weighted by Crippen LogP contribution is 2.30. The van der Waals surface area contributed by atoms with Crippen LogP contribution in [0.5, 0.6) is 0 Å². The summed E-state index contributed by atoms with van der Waals surface area (Å²) in [6, 6.07) is 7.10. The topological polar surface area (TPSA) is 104 Å². The highest BCUT2D eigenvalue weighted by Gasteiger charge is 2.28. The van der Waals surface area contributed by atoms with E-state index >= 15 is 0 Å². The van der Waals surface area contributed by atoms with Gasteiger partial charge in [0.05, 0.1) is 17.6 Å². The van der Waals surface area contributed by atoms with Crippen LogP contribution in [0, 0.1) is 0 Å². The summed E-state index contributed by atoms with van der Waals surface area (Å²) in [7, 11) is 0. The molecule has 0 saturated heterocycles. The van der Waals surface area contributed by atoms with Crippen LogP contribution in [0.15, 0.2) is 30.5 Å². The number of anilines is 3. The number of nitrogen functional groups attached to an aromatic ring is 1. The fourth-order valence-corrected chi connectivity index (χ4v) is 2.03. The maximum Gasteiger partial charge on any atom is 0.264 e. The Labute approximate surface area is 108 Å². The molecule has 7 nitrogen and oxygen atoms in total. The van der Waals surface area contributed by atoms with Crippen LogP contribution < -0.4 is 16.0 Å². The Morgan fingerprint density at radius 3 is 2.89 bits per heavy atom. The van der Waals surface area contributed by atoms with E-state index in [1.54, 1.807) is 24.3 Å². The summed E-state index contributed by atoms with van der Waals surface area (Å²) in [5, 5.41) is 8.94. The van der Waals surface area contributed by atoms with Gasteiger partial charge in [-0.15, -0.1) is 0 Å². The van der Waals surface area contributed by atoms with Gasteiger partial charge in [-0.3, -0.25) is 19.6 Å². The normalized spacial score (nSPS) is 13.9. The molecule has 1 aliphatic rings. The van der Waals surface area contributed by atoms with Gasteiger partial charge < -0.3 is 11.1 Å². The van der Waals surface area contributed by atoms with E-state index in [0.717, 1.165) is 0 Å². The van der Waals surface area contributed by atoms with Gasteiger partial charge in [-0.2, -0.15) is 5.10 Å². The number of amides is 2. The van der Waals surface area contributed by atoms with Crippen molar-refractivity contribution in [2.24, 2.45) is 0 Å². The van der Waals surface area contributed by atoms with E-state index in [9.17, 15) is 9.59 Å². The standard InChI is InChI=1S/C12H11N5O2/c13-11-7(5-14-16-11)12(19)17-6-10(18)15-8-3-1-2-4-9(8)17/h1-5H,6H2,(H,15,18)(H3,13,14,16). The molecule has 3 rings (SSSR count). The number of H-pyrrole nitrogens is 1. The molecule has 19 heavy (non-hydrogen) atoms. The summed E-state index contributed by atoms with van der Waals surface area (Å²) in [6.45, 7) is -0.0412. The van der Waals surface area contributed by atoms with Crippen molar-refractivity contribution >= 4 is 29.0 Å². The third-order valence-electron chi connectivity index (χ3n) is 2.92. The number of aromatic nitrogens is 2. The molecular weight excluding hydrogens is 246 g/mol. The molecule has 0 spiro atoms. The van der Waals surface area contributed by atoms with E-state index in [2.05, 4.69) is 15.5 Å². The smallest absolute Gasteiger partial charge is 0.264 e. The lowest BCUT2D eigenvalue weighted by Gasteiger charge is -2.28. The van der Waals surface area contributed by atoms with Crippen LogP contribution in [-0.4, -0.2) is 28.6 Å². The fourth-order valence-electron chi connectivity index (χ4n) is 2.03. The molecule has 4 N–H and O–H groups in total. The Morgan fingerprint density at radius 2 is 2.16 bits per heavy atom. The second-order valence-electron chi connectivity index (χ2n) is 4.15. The second-order valence-corrected chi connectivity index (χ2v) is 4.15. The number of carbonyl (C=O) groups excluding carboxylic acids is 2. The molecule has 0 aliphatic carbocycles. The molecule has 2 heterocycles. The Bertz CT molecular complexity index is 664. The van der Waals surface area contributed by atoms with Gasteiger partial charge in [-0.25, -0.2) is 0 Å². The lowest BCUT2D eigenvalue weighted by Crippen LogP contribution is -2.42. The molecule has 0 unspecified atom stereocenters. The van der Waals surface area contributed by atoms with Crippen molar-refractivity contribution in [3.8, 4) is 0 Å². The summed E-state index contributed by atoms with van der Waals surface area (Å²) < 4.78 is 0. The Balaban J connectivity index is 2.04. The number of aromatic amines is 1. The molecule has 2 aromatic rings. The first kappa shape index (κ1) is 11.3. The van der Waals surface area contributed by atoms with Crippen LogP contribution in [0.4, 0.5) is 17.2 Å². The Kier molecular flexibility index (Phi) is 2.45. The first-order valence-electron chi connectivity index (χ1n) is 5.66. The summed E-state index contributed by atoms with van der Waals surface area (Å²) in [5.74, 6) is -0.406. The lowest BCUT2D eigenvalue weighted by molar-refractivity contribution is -0.115. The Morgan fingerprint density at radius 1 is 1.37 bits per heavy atom. The van der Waals surface area contributed by atoms with E-state index in [-0.39, 0.29) is 29.7 Å². The zero-order chi connectivity index (χ0) is 13.4. The van der Waals surface area contributed by atoms with Gasteiger partial charge in [-0.05, 0) is 12.1 Å². The number of hydrogen-bond acceptors (Lipinski definition) is 4. The molecule has 1 aromatic heterocycles.